The summed E-state index contributed by atoms with van der Waals surface area (Å²) >= 11 is 0. The van der Waals surface area contributed by atoms with E-state index in [1.807, 2.05) is 13.8 Å². The summed E-state index contributed by atoms with van der Waals surface area (Å²) in [6.07, 6.45) is 0.172. The number of amides is 1. The fraction of sp³-hybridized carbons (Fsp3) is 0.909. The zero-order valence-electron chi connectivity index (χ0n) is 9.86. The fourth-order valence-corrected chi connectivity index (χ4v) is 1.84. The van der Waals surface area contributed by atoms with E-state index in [9.17, 15) is 9.90 Å². The van der Waals surface area contributed by atoms with Gasteiger partial charge in [-0.3, -0.25) is 4.79 Å². The molecule has 1 fully saturated rings. The molecular weight excluding hydrogens is 192 g/mol. The van der Waals surface area contributed by atoms with E-state index < -0.39 is 6.10 Å². The first-order valence-electron chi connectivity index (χ1n) is 5.68. The van der Waals surface area contributed by atoms with Gasteiger partial charge in [-0.05, 0) is 5.92 Å². The SMILES string of the molecule is CC1CC(=O)N(CC(O)CNC(C)C)C1. The summed E-state index contributed by atoms with van der Waals surface area (Å²) in [6.45, 7) is 7.94. The normalized spacial score (nSPS) is 23.9. The molecule has 4 nitrogen and oxygen atoms in total. The molecular formula is C11H22N2O2. The highest BCUT2D eigenvalue weighted by Gasteiger charge is 2.27. The lowest BCUT2D eigenvalue weighted by Crippen LogP contribution is -2.40. The maximum absolute atomic E-state index is 11.5. The third kappa shape index (κ3) is 4.18. The summed E-state index contributed by atoms with van der Waals surface area (Å²) in [5, 5.41) is 12.9. The standard InChI is InChI=1S/C11H22N2O2/c1-8(2)12-5-10(14)7-13-6-9(3)4-11(13)15/h8-10,12,14H,4-7H2,1-3H3. The molecule has 2 N–H and O–H groups in total. The van der Waals surface area contributed by atoms with Gasteiger partial charge in [0.25, 0.3) is 0 Å². The minimum Gasteiger partial charge on any atom is -0.390 e. The lowest BCUT2D eigenvalue weighted by Gasteiger charge is -2.21. The van der Waals surface area contributed by atoms with Crippen LogP contribution in [0, 0.1) is 5.92 Å². The molecule has 1 amide bonds. The van der Waals surface area contributed by atoms with Crippen molar-refractivity contribution in [3.8, 4) is 0 Å². The van der Waals surface area contributed by atoms with Crippen molar-refractivity contribution in [2.24, 2.45) is 5.92 Å². The summed E-state index contributed by atoms with van der Waals surface area (Å²) in [4.78, 5) is 13.2. The number of carbonyl (C=O) groups excluding carboxylic acids is 1. The largest absolute Gasteiger partial charge is 0.390 e. The first-order chi connectivity index (χ1) is 6.99. The van der Waals surface area contributed by atoms with Crippen molar-refractivity contribution in [3.63, 3.8) is 0 Å². The molecule has 88 valence electrons. The summed E-state index contributed by atoms with van der Waals surface area (Å²) < 4.78 is 0. The van der Waals surface area contributed by atoms with E-state index >= 15 is 0 Å². The molecule has 1 aliphatic rings. The minimum absolute atomic E-state index is 0.172. The van der Waals surface area contributed by atoms with Crippen LogP contribution in [0.4, 0.5) is 0 Å². The minimum atomic E-state index is -0.457. The van der Waals surface area contributed by atoms with Crippen molar-refractivity contribution in [3.05, 3.63) is 0 Å². The smallest absolute Gasteiger partial charge is 0.223 e. The average molecular weight is 214 g/mol. The van der Waals surface area contributed by atoms with Crippen LogP contribution < -0.4 is 5.32 Å². The number of aliphatic hydroxyl groups excluding tert-OH is 1. The summed E-state index contributed by atoms with van der Waals surface area (Å²) in [7, 11) is 0. The highest BCUT2D eigenvalue weighted by atomic mass is 16.3. The van der Waals surface area contributed by atoms with E-state index in [0.717, 1.165) is 6.54 Å². The van der Waals surface area contributed by atoms with Crippen LogP contribution in [-0.4, -0.2) is 47.7 Å². The van der Waals surface area contributed by atoms with Gasteiger partial charge in [0.05, 0.1) is 6.10 Å². The van der Waals surface area contributed by atoms with E-state index in [1.54, 1.807) is 4.90 Å². The Morgan fingerprint density at radius 3 is 2.73 bits per heavy atom. The Morgan fingerprint density at radius 2 is 2.27 bits per heavy atom. The van der Waals surface area contributed by atoms with Crippen molar-refractivity contribution in [2.45, 2.75) is 39.3 Å². The van der Waals surface area contributed by atoms with Crippen LogP contribution in [-0.2, 0) is 4.79 Å². The molecule has 4 heteroatoms. The van der Waals surface area contributed by atoms with Gasteiger partial charge in [-0.2, -0.15) is 0 Å². The third-order valence-corrected chi connectivity index (χ3v) is 2.60. The number of rotatable bonds is 5. The van der Waals surface area contributed by atoms with Crippen molar-refractivity contribution in [2.75, 3.05) is 19.6 Å². The van der Waals surface area contributed by atoms with E-state index in [0.29, 0.717) is 31.5 Å². The van der Waals surface area contributed by atoms with Gasteiger partial charge in [-0.25, -0.2) is 0 Å². The molecule has 0 saturated carbocycles. The van der Waals surface area contributed by atoms with Gasteiger partial charge < -0.3 is 15.3 Å². The summed E-state index contributed by atoms with van der Waals surface area (Å²) in [5.74, 6) is 0.605. The van der Waals surface area contributed by atoms with Gasteiger partial charge in [0.1, 0.15) is 0 Å². The van der Waals surface area contributed by atoms with Gasteiger partial charge >= 0.3 is 0 Å². The van der Waals surface area contributed by atoms with Crippen LogP contribution in [0.3, 0.4) is 0 Å². The Labute approximate surface area is 91.6 Å². The molecule has 0 aromatic carbocycles. The molecule has 2 unspecified atom stereocenters. The highest BCUT2D eigenvalue weighted by Crippen LogP contribution is 2.16. The molecule has 1 aliphatic heterocycles. The fourth-order valence-electron chi connectivity index (χ4n) is 1.84. The number of nitrogens with zero attached hydrogens (tertiary/aromatic N) is 1. The predicted molar refractivity (Wildman–Crippen MR) is 59.5 cm³/mol. The highest BCUT2D eigenvalue weighted by molar-refractivity contribution is 5.78. The number of nitrogens with one attached hydrogen (secondary N) is 1. The number of β-amino-alcohol motifs (C(OH)–C–C–N with tert-alkyl or cyclic N) is 1. The lowest BCUT2D eigenvalue weighted by atomic mass is 10.2. The molecule has 1 heterocycles. The molecule has 1 rings (SSSR count). The van der Waals surface area contributed by atoms with Gasteiger partial charge in [-0.1, -0.05) is 20.8 Å². The zero-order chi connectivity index (χ0) is 11.4. The topological polar surface area (TPSA) is 52.6 Å². The van der Waals surface area contributed by atoms with Crippen LogP contribution in [0.1, 0.15) is 27.2 Å². The molecule has 15 heavy (non-hydrogen) atoms. The number of hydrogen-bond acceptors (Lipinski definition) is 3. The van der Waals surface area contributed by atoms with E-state index in [-0.39, 0.29) is 5.91 Å². The molecule has 0 aromatic rings. The van der Waals surface area contributed by atoms with Crippen molar-refractivity contribution in [1.82, 2.24) is 10.2 Å². The Morgan fingerprint density at radius 1 is 1.60 bits per heavy atom. The third-order valence-electron chi connectivity index (χ3n) is 2.60. The van der Waals surface area contributed by atoms with Gasteiger partial charge in [0.15, 0.2) is 0 Å². The van der Waals surface area contributed by atoms with Crippen LogP contribution in [0.25, 0.3) is 0 Å². The van der Waals surface area contributed by atoms with E-state index in [4.69, 9.17) is 0 Å². The van der Waals surface area contributed by atoms with Crippen LogP contribution in [0.15, 0.2) is 0 Å². The quantitative estimate of drug-likeness (QED) is 0.688. The first kappa shape index (κ1) is 12.5. The monoisotopic (exact) mass is 214 g/mol. The molecule has 1 saturated heterocycles. The first-order valence-corrected chi connectivity index (χ1v) is 5.68. The summed E-state index contributed by atoms with van der Waals surface area (Å²) in [6, 6.07) is 0.368. The zero-order valence-corrected chi connectivity index (χ0v) is 9.86. The molecule has 0 bridgehead atoms. The van der Waals surface area contributed by atoms with Crippen LogP contribution in [0.2, 0.25) is 0 Å². The van der Waals surface area contributed by atoms with Crippen LogP contribution in [0.5, 0.6) is 0 Å². The molecule has 2 atom stereocenters. The number of aliphatic hydroxyl groups is 1. The molecule has 0 spiro atoms. The van der Waals surface area contributed by atoms with Crippen molar-refractivity contribution < 1.29 is 9.90 Å². The Bertz CT molecular complexity index is 219. The number of hydrogen-bond donors (Lipinski definition) is 2. The molecule has 0 aromatic heterocycles. The van der Waals surface area contributed by atoms with Gasteiger partial charge in [0.2, 0.25) is 5.91 Å². The second-order valence-electron chi connectivity index (χ2n) is 4.82. The second-order valence-corrected chi connectivity index (χ2v) is 4.82. The van der Waals surface area contributed by atoms with Gasteiger partial charge in [-0.15, -0.1) is 0 Å². The van der Waals surface area contributed by atoms with E-state index in [2.05, 4.69) is 12.2 Å². The molecule has 0 radical (unpaired) electrons. The Kier molecular flexibility index (Phi) is 4.54. The van der Waals surface area contributed by atoms with Gasteiger partial charge in [0, 0.05) is 32.1 Å². The number of carbonyl (C=O) groups is 1. The second kappa shape index (κ2) is 5.47. The van der Waals surface area contributed by atoms with Crippen molar-refractivity contribution >= 4 is 5.91 Å². The predicted octanol–water partition coefficient (Wildman–Crippen LogP) is 0.214. The maximum Gasteiger partial charge on any atom is 0.223 e. The van der Waals surface area contributed by atoms with Crippen molar-refractivity contribution in [1.29, 1.82) is 0 Å². The average Bonchev–Trinajstić information content (AvgIpc) is 2.42. The molecule has 0 aliphatic carbocycles. The number of likely N-dealkylation sites (tertiary alicyclic amines) is 1. The van der Waals surface area contributed by atoms with Crippen LogP contribution >= 0.6 is 0 Å². The maximum atomic E-state index is 11.5. The lowest BCUT2D eigenvalue weighted by molar-refractivity contribution is -0.128. The summed E-state index contributed by atoms with van der Waals surface area (Å²) in [5.41, 5.74) is 0. The Balaban J connectivity index is 2.25. The Hall–Kier alpha value is -0.610. The van der Waals surface area contributed by atoms with E-state index in [1.165, 1.54) is 0 Å².